The second-order valence-corrected chi connectivity index (χ2v) is 12.1. The highest BCUT2D eigenvalue weighted by molar-refractivity contribution is 7.85. The average molecular weight is 585 g/mol. The van der Waals surface area contributed by atoms with Crippen LogP contribution >= 0.6 is 0 Å². The van der Waals surface area contributed by atoms with Crippen LogP contribution in [0.15, 0.2) is 0 Å². The SMILES string of the molecule is CCCCCCCCCCCCCCCCCC(=O)OCC(O)COC1O[C@H](CS(=O)(=O)O)[C@@H](O)[C@H](O)[C@H]1O. The summed E-state index contributed by atoms with van der Waals surface area (Å²) in [6, 6.07) is 0. The van der Waals surface area contributed by atoms with Crippen LogP contribution in [0, 0.1) is 0 Å². The fourth-order valence-electron chi connectivity index (χ4n) is 4.56. The number of aliphatic hydroxyl groups excluding tert-OH is 4. The number of carbonyl (C=O) groups is 1. The van der Waals surface area contributed by atoms with Crippen LogP contribution in [0.2, 0.25) is 0 Å². The van der Waals surface area contributed by atoms with Gasteiger partial charge in [0.2, 0.25) is 0 Å². The van der Waals surface area contributed by atoms with E-state index in [1.807, 2.05) is 0 Å². The molecular weight excluding hydrogens is 532 g/mol. The smallest absolute Gasteiger partial charge is 0.305 e. The molecule has 1 heterocycles. The zero-order valence-electron chi connectivity index (χ0n) is 23.5. The van der Waals surface area contributed by atoms with E-state index in [0.717, 1.165) is 19.3 Å². The van der Waals surface area contributed by atoms with Crippen LogP contribution in [0.4, 0.5) is 0 Å². The number of ether oxygens (including phenoxy) is 3. The van der Waals surface area contributed by atoms with E-state index in [0.29, 0.717) is 6.42 Å². The third-order valence-corrected chi connectivity index (χ3v) is 7.67. The van der Waals surface area contributed by atoms with E-state index in [1.165, 1.54) is 70.6 Å². The zero-order valence-corrected chi connectivity index (χ0v) is 24.3. The second-order valence-electron chi connectivity index (χ2n) is 10.6. The van der Waals surface area contributed by atoms with Gasteiger partial charge in [0, 0.05) is 6.42 Å². The van der Waals surface area contributed by atoms with Crippen LogP contribution in [0.3, 0.4) is 0 Å². The summed E-state index contributed by atoms with van der Waals surface area (Å²) in [5, 5.41) is 39.7. The molecule has 0 spiro atoms. The first-order valence-corrected chi connectivity index (χ1v) is 16.3. The molecule has 1 fully saturated rings. The Morgan fingerprint density at radius 1 is 0.769 bits per heavy atom. The van der Waals surface area contributed by atoms with Crippen molar-refractivity contribution >= 4 is 16.1 Å². The maximum Gasteiger partial charge on any atom is 0.305 e. The van der Waals surface area contributed by atoms with Crippen molar-refractivity contribution in [2.75, 3.05) is 19.0 Å². The molecule has 2 unspecified atom stereocenters. The standard InChI is InChI=1S/C27H52O11S/c1-2-3-4-5-6-7-8-9-10-11-12-13-14-15-16-17-23(29)36-18-21(28)19-37-27-26(32)25(31)24(30)22(38-27)20-39(33,34)35/h21-22,24-28,30-32H,2-20H2,1H3,(H,33,34,35)/t21?,22-,24-,25+,26-,27?/m1/s1. The van der Waals surface area contributed by atoms with Crippen LogP contribution in [0.5, 0.6) is 0 Å². The van der Waals surface area contributed by atoms with Crippen molar-refractivity contribution in [1.82, 2.24) is 0 Å². The first kappa shape index (κ1) is 36.2. The number of aliphatic hydroxyl groups is 4. The largest absolute Gasteiger partial charge is 0.463 e. The molecule has 12 heteroatoms. The number of carbonyl (C=O) groups excluding carboxylic acids is 1. The van der Waals surface area contributed by atoms with Gasteiger partial charge in [-0.25, -0.2) is 0 Å². The van der Waals surface area contributed by atoms with Gasteiger partial charge in [0.1, 0.15) is 42.9 Å². The molecule has 0 aromatic heterocycles. The molecule has 0 saturated carbocycles. The van der Waals surface area contributed by atoms with Crippen molar-refractivity contribution in [3.63, 3.8) is 0 Å². The highest BCUT2D eigenvalue weighted by atomic mass is 32.2. The molecule has 5 N–H and O–H groups in total. The van der Waals surface area contributed by atoms with Gasteiger partial charge in [-0.05, 0) is 6.42 Å². The minimum Gasteiger partial charge on any atom is -0.463 e. The first-order chi connectivity index (χ1) is 18.5. The Morgan fingerprint density at radius 3 is 1.74 bits per heavy atom. The second kappa shape index (κ2) is 20.9. The summed E-state index contributed by atoms with van der Waals surface area (Å²) in [7, 11) is -4.53. The van der Waals surface area contributed by atoms with E-state index in [2.05, 4.69) is 6.92 Å². The van der Waals surface area contributed by atoms with E-state index in [9.17, 15) is 33.6 Å². The Balaban J connectivity index is 2.05. The summed E-state index contributed by atoms with van der Waals surface area (Å²) >= 11 is 0. The molecular formula is C27H52O11S. The highest BCUT2D eigenvalue weighted by Crippen LogP contribution is 2.23. The van der Waals surface area contributed by atoms with Gasteiger partial charge >= 0.3 is 5.97 Å². The molecule has 6 atom stereocenters. The predicted octanol–water partition coefficient (Wildman–Crippen LogP) is 2.86. The molecule has 1 aliphatic heterocycles. The topological polar surface area (TPSA) is 180 Å². The van der Waals surface area contributed by atoms with E-state index in [-0.39, 0.29) is 13.0 Å². The van der Waals surface area contributed by atoms with Gasteiger partial charge in [0.15, 0.2) is 6.29 Å². The van der Waals surface area contributed by atoms with E-state index >= 15 is 0 Å². The number of hydrogen-bond donors (Lipinski definition) is 5. The summed E-state index contributed by atoms with van der Waals surface area (Å²) in [6.07, 6.45) is 9.05. The number of esters is 1. The van der Waals surface area contributed by atoms with Gasteiger partial charge < -0.3 is 34.6 Å². The summed E-state index contributed by atoms with van der Waals surface area (Å²) in [5.41, 5.74) is 0. The Morgan fingerprint density at radius 2 is 1.26 bits per heavy atom. The summed E-state index contributed by atoms with van der Waals surface area (Å²) < 4.78 is 46.4. The third kappa shape index (κ3) is 17.5. The Kier molecular flexibility index (Phi) is 19.4. The average Bonchev–Trinajstić information content (AvgIpc) is 2.88. The zero-order chi connectivity index (χ0) is 29.1. The van der Waals surface area contributed by atoms with Crippen LogP contribution in [-0.4, -0.2) is 95.1 Å². The number of hydrogen-bond acceptors (Lipinski definition) is 10. The lowest BCUT2D eigenvalue weighted by atomic mass is 10.00. The van der Waals surface area contributed by atoms with Crippen LogP contribution in [0.1, 0.15) is 110 Å². The predicted molar refractivity (Wildman–Crippen MR) is 146 cm³/mol. The van der Waals surface area contributed by atoms with Crippen LogP contribution < -0.4 is 0 Å². The van der Waals surface area contributed by atoms with Crippen molar-refractivity contribution in [2.45, 2.75) is 146 Å². The molecule has 0 bridgehead atoms. The molecule has 11 nitrogen and oxygen atoms in total. The maximum absolute atomic E-state index is 11.9. The monoisotopic (exact) mass is 584 g/mol. The molecule has 0 aromatic rings. The van der Waals surface area contributed by atoms with Gasteiger partial charge in [0.25, 0.3) is 10.1 Å². The fourth-order valence-corrected chi connectivity index (χ4v) is 5.25. The van der Waals surface area contributed by atoms with E-state index < -0.39 is 65.3 Å². The summed E-state index contributed by atoms with van der Waals surface area (Å²) in [6.45, 7) is 1.45. The Hall–Kier alpha value is -0.860. The number of unbranched alkanes of at least 4 members (excludes halogenated alkanes) is 14. The number of rotatable bonds is 23. The summed E-state index contributed by atoms with van der Waals surface area (Å²) in [4.78, 5) is 11.9. The quantitative estimate of drug-likeness (QED) is 0.0677. The van der Waals surface area contributed by atoms with Gasteiger partial charge in [-0.3, -0.25) is 9.35 Å². The van der Waals surface area contributed by atoms with E-state index in [1.54, 1.807) is 0 Å². The maximum atomic E-state index is 11.9. The highest BCUT2D eigenvalue weighted by Gasteiger charge is 2.45. The van der Waals surface area contributed by atoms with Crippen molar-refractivity contribution in [3.8, 4) is 0 Å². The van der Waals surface area contributed by atoms with Gasteiger partial charge in [0.05, 0.1) is 6.61 Å². The lowest BCUT2D eigenvalue weighted by Gasteiger charge is -2.40. The molecule has 1 saturated heterocycles. The Bertz CT molecular complexity index is 733. The lowest BCUT2D eigenvalue weighted by Crippen LogP contribution is -2.60. The molecule has 0 radical (unpaired) electrons. The van der Waals surface area contributed by atoms with Crippen LogP contribution in [0.25, 0.3) is 0 Å². The molecule has 0 amide bonds. The first-order valence-electron chi connectivity index (χ1n) is 14.6. The van der Waals surface area contributed by atoms with Crippen molar-refractivity contribution in [3.05, 3.63) is 0 Å². The molecule has 1 aliphatic rings. The lowest BCUT2D eigenvalue weighted by molar-refractivity contribution is -0.296. The fraction of sp³-hybridized carbons (Fsp3) is 0.963. The van der Waals surface area contributed by atoms with E-state index in [4.69, 9.17) is 18.8 Å². The van der Waals surface area contributed by atoms with Gasteiger partial charge in [-0.2, -0.15) is 8.42 Å². The third-order valence-electron chi connectivity index (χ3n) is 6.92. The Labute approximate surface area is 234 Å². The van der Waals surface area contributed by atoms with Gasteiger partial charge in [-0.1, -0.05) is 96.8 Å². The van der Waals surface area contributed by atoms with Gasteiger partial charge in [-0.15, -0.1) is 0 Å². The molecule has 0 aliphatic carbocycles. The molecule has 232 valence electrons. The molecule has 1 rings (SSSR count). The minimum absolute atomic E-state index is 0.248. The van der Waals surface area contributed by atoms with Crippen LogP contribution in [-0.2, 0) is 29.1 Å². The van der Waals surface area contributed by atoms with Crippen molar-refractivity contribution in [1.29, 1.82) is 0 Å². The summed E-state index contributed by atoms with van der Waals surface area (Å²) in [5.74, 6) is -1.46. The minimum atomic E-state index is -4.53. The molecule has 39 heavy (non-hydrogen) atoms. The molecule has 0 aromatic carbocycles. The van der Waals surface area contributed by atoms with Crippen molar-refractivity contribution in [2.24, 2.45) is 0 Å². The normalized spacial score (nSPS) is 24.5. The van der Waals surface area contributed by atoms with Crippen molar-refractivity contribution < 1.29 is 52.4 Å².